The van der Waals surface area contributed by atoms with Crippen molar-refractivity contribution in [3.63, 3.8) is 0 Å². The molecule has 1 aromatic rings. The Morgan fingerprint density at radius 1 is 1.39 bits per heavy atom. The van der Waals surface area contributed by atoms with Gasteiger partial charge in [-0.05, 0) is 25.5 Å². The maximum atomic E-state index is 12.4. The highest BCUT2D eigenvalue weighted by Gasteiger charge is 2.35. The molecule has 0 fully saturated rings. The Labute approximate surface area is 108 Å². The minimum Gasteiger partial charge on any atom is -0.396 e. The highest BCUT2D eigenvalue weighted by molar-refractivity contribution is 6.04. The van der Waals surface area contributed by atoms with Crippen molar-refractivity contribution in [3.05, 3.63) is 29.8 Å². The molecule has 1 atom stereocenters. The van der Waals surface area contributed by atoms with Gasteiger partial charge in [0.1, 0.15) is 6.04 Å². The van der Waals surface area contributed by atoms with Gasteiger partial charge in [-0.15, -0.1) is 0 Å². The lowest BCUT2D eigenvalue weighted by Crippen LogP contribution is -2.35. The first-order valence-corrected chi connectivity index (χ1v) is 6.54. The molecular weight excluding hydrogens is 228 g/mol. The molecule has 1 aromatic carbocycles. The lowest BCUT2D eigenvalue weighted by atomic mass is 10.1. The fraction of sp³-hybridized carbons (Fsp3) is 0.500. The summed E-state index contributed by atoms with van der Waals surface area (Å²) in [5.74, 6) is 0.0955. The number of rotatable bonds is 6. The van der Waals surface area contributed by atoms with E-state index in [0.29, 0.717) is 13.0 Å². The van der Waals surface area contributed by atoms with E-state index in [4.69, 9.17) is 5.11 Å². The van der Waals surface area contributed by atoms with Crippen molar-refractivity contribution in [3.8, 4) is 0 Å². The molecule has 98 valence electrons. The van der Waals surface area contributed by atoms with Gasteiger partial charge in [0.05, 0.1) is 0 Å². The van der Waals surface area contributed by atoms with Crippen molar-refractivity contribution >= 4 is 11.6 Å². The molecule has 4 nitrogen and oxygen atoms in total. The first-order chi connectivity index (χ1) is 8.79. The molecular formula is C14H20N2O2. The van der Waals surface area contributed by atoms with E-state index in [1.165, 1.54) is 0 Å². The number of benzene rings is 1. The van der Waals surface area contributed by atoms with E-state index in [2.05, 4.69) is 12.2 Å². The Hall–Kier alpha value is -1.39. The molecule has 1 unspecified atom stereocenters. The lowest BCUT2D eigenvalue weighted by molar-refractivity contribution is -0.120. The summed E-state index contributed by atoms with van der Waals surface area (Å²) in [5, 5.41) is 12.2. The number of nitrogens with zero attached hydrogens (tertiary/aromatic N) is 1. The standard InChI is InChI=1S/C14H20N2O2/c1-2-8-15-13-11-6-3-4-7-12(11)16(14(13)18)9-5-10-17/h3-4,6-7,13,15,17H,2,5,8-10H2,1H3. The maximum Gasteiger partial charge on any atom is 0.248 e. The summed E-state index contributed by atoms with van der Waals surface area (Å²) in [7, 11) is 0. The van der Waals surface area contributed by atoms with Crippen LogP contribution in [0.15, 0.2) is 24.3 Å². The van der Waals surface area contributed by atoms with Crippen LogP contribution in [0, 0.1) is 0 Å². The van der Waals surface area contributed by atoms with Gasteiger partial charge in [-0.2, -0.15) is 0 Å². The molecule has 0 radical (unpaired) electrons. The molecule has 0 aromatic heterocycles. The smallest absolute Gasteiger partial charge is 0.248 e. The quantitative estimate of drug-likeness (QED) is 0.801. The van der Waals surface area contributed by atoms with E-state index in [0.717, 1.165) is 24.2 Å². The Bertz CT molecular complexity index is 383. The Kier molecular flexibility index (Phi) is 4.33. The van der Waals surface area contributed by atoms with Gasteiger partial charge in [-0.25, -0.2) is 0 Å². The van der Waals surface area contributed by atoms with E-state index < -0.39 is 0 Å². The van der Waals surface area contributed by atoms with E-state index >= 15 is 0 Å². The number of carbonyl (C=O) groups is 1. The van der Waals surface area contributed by atoms with Crippen LogP contribution in [-0.2, 0) is 4.79 Å². The van der Waals surface area contributed by atoms with Crippen LogP contribution in [0.5, 0.6) is 0 Å². The van der Waals surface area contributed by atoms with Crippen molar-refractivity contribution in [1.82, 2.24) is 5.32 Å². The Morgan fingerprint density at radius 2 is 2.17 bits per heavy atom. The third kappa shape index (κ3) is 2.40. The molecule has 18 heavy (non-hydrogen) atoms. The van der Waals surface area contributed by atoms with Crippen molar-refractivity contribution in [2.45, 2.75) is 25.8 Å². The summed E-state index contributed by atoms with van der Waals surface area (Å²) >= 11 is 0. The number of amides is 1. The van der Waals surface area contributed by atoms with Crippen LogP contribution in [0.3, 0.4) is 0 Å². The van der Waals surface area contributed by atoms with Gasteiger partial charge in [-0.3, -0.25) is 4.79 Å². The maximum absolute atomic E-state index is 12.4. The van der Waals surface area contributed by atoms with Crippen LogP contribution in [0.1, 0.15) is 31.4 Å². The number of para-hydroxylation sites is 1. The number of hydrogen-bond acceptors (Lipinski definition) is 3. The first kappa shape index (κ1) is 13.1. The van der Waals surface area contributed by atoms with E-state index in [1.54, 1.807) is 4.90 Å². The fourth-order valence-electron chi connectivity index (χ4n) is 2.33. The molecule has 2 rings (SSSR count). The molecule has 0 saturated heterocycles. The highest BCUT2D eigenvalue weighted by Crippen LogP contribution is 2.35. The summed E-state index contributed by atoms with van der Waals surface area (Å²) in [4.78, 5) is 14.1. The largest absolute Gasteiger partial charge is 0.396 e. The second-order valence-corrected chi connectivity index (χ2v) is 4.51. The second-order valence-electron chi connectivity index (χ2n) is 4.51. The topological polar surface area (TPSA) is 52.6 Å². The summed E-state index contributed by atoms with van der Waals surface area (Å²) in [6.45, 7) is 3.61. The zero-order chi connectivity index (χ0) is 13.0. The number of nitrogens with one attached hydrogen (secondary N) is 1. The van der Waals surface area contributed by atoms with Crippen LogP contribution in [0.4, 0.5) is 5.69 Å². The van der Waals surface area contributed by atoms with Crippen LogP contribution in [0.2, 0.25) is 0 Å². The number of carbonyl (C=O) groups excluding carboxylic acids is 1. The minimum atomic E-state index is -0.222. The third-order valence-corrected chi connectivity index (χ3v) is 3.19. The number of anilines is 1. The van der Waals surface area contributed by atoms with Crippen molar-refractivity contribution < 1.29 is 9.90 Å². The van der Waals surface area contributed by atoms with Gasteiger partial charge in [0.25, 0.3) is 0 Å². The highest BCUT2D eigenvalue weighted by atomic mass is 16.3. The van der Waals surface area contributed by atoms with Crippen molar-refractivity contribution in [2.24, 2.45) is 0 Å². The van der Waals surface area contributed by atoms with Gasteiger partial charge in [0.15, 0.2) is 0 Å². The van der Waals surface area contributed by atoms with Crippen LogP contribution in [0.25, 0.3) is 0 Å². The SMILES string of the molecule is CCCNC1C(=O)N(CCCO)c2ccccc21. The summed E-state index contributed by atoms with van der Waals surface area (Å²) in [6, 6.07) is 7.65. The fourth-order valence-corrected chi connectivity index (χ4v) is 2.33. The predicted octanol–water partition coefficient (Wildman–Crippen LogP) is 1.46. The minimum absolute atomic E-state index is 0.0955. The predicted molar refractivity (Wildman–Crippen MR) is 71.5 cm³/mol. The molecule has 1 heterocycles. The number of aliphatic hydroxyl groups is 1. The van der Waals surface area contributed by atoms with Gasteiger partial charge in [0, 0.05) is 24.4 Å². The molecule has 1 aliphatic rings. The lowest BCUT2D eigenvalue weighted by Gasteiger charge is -2.17. The second kappa shape index (κ2) is 5.98. The Balaban J connectivity index is 2.22. The van der Waals surface area contributed by atoms with E-state index in [-0.39, 0.29) is 18.6 Å². The molecule has 0 spiro atoms. The normalized spacial score (nSPS) is 18.2. The van der Waals surface area contributed by atoms with E-state index in [9.17, 15) is 4.79 Å². The third-order valence-electron chi connectivity index (χ3n) is 3.19. The van der Waals surface area contributed by atoms with Gasteiger partial charge < -0.3 is 15.3 Å². The number of aliphatic hydroxyl groups excluding tert-OH is 1. The molecule has 4 heteroatoms. The molecule has 0 saturated carbocycles. The van der Waals surface area contributed by atoms with Crippen molar-refractivity contribution in [2.75, 3.05) is 24.6 Å². The molecule has 0 bridgehead atoms. The average molecular weight is 248 g/mol. The first-order valence-electron chi connectivity index (χ1n) is 6.54. The summed E-state index contributed by atoms with van der Waals surface area (Å²) < 4.78 is 0. The summed E-state index contributed by atoms with van der Waals surface area (Å²) in [6.07, 6.45) is 1.61. The monoisotopic (exact) mass is 248 g/mol. The molecule has 2 N–H and O–H groups in total. The number of hydrogen-bond donors (Lipinski definition) is 2. The van der Waals surface area contributed by atoms with Crippen molar-refractivity contribution in [1.29, 1.82) is 0 Å². The van der Waals surface area contributed by atoms with Crippen LogP contribution >= 0.6 is 0 Å². The van der Waals surface area contributed by atoms with Crippen LogP contribution in [-0.4, -0.2) is 30.7 Å². The zero-order valence-electron chi connectivity index (χ0n) is 10.7. The summed E-state index contributed by atoms with van der Waals surface area (Å²) in [5.41, 5.74) is 2.03. The number of fused-ring (bicyclic) bond motifs is 1. The molecule has 1 aliphatic heterocycles. The average Bonchev–Trinajstić information content (AvgIpc) is 2.66. The van der Waals surface area contributed by atoms with Gasteiger partial charge in [-0.1, -0.05) is 25.1 Å². The molecule has 0 aliphatic carbocycles. The van der Waals surface area contributed by atoms with Gasteiger partial charge in [0.2, 0.25) is 5.91 Å². The van der Waals surface area contributed by atoms with Gasteiger partial charge >= 0.3 is 0 Å². The molecule has 1 amide bonds. The van der Waals surface area contributed by atoms with E-state index in [1.807, 2.05) is 24.3 Å². The zero-order valence-corrected chi connectivity index (χ0v) is 10.7. The Morgan fingerprint density at radius 3 is 2.89 bits per heavy atom. The van der Waals surface area contributed by atoms with Crippen LogP contribution < -0.4 is 10.2 Å².